The van der Waals surface area contributed by atoms with Crippen LogP contribution in [0.5, 0.6) is 0 Å². The van der Waals surface area contributed by atoms with Gasteiger partial charge in [0, 0.05) is 36.8 Å². The Kier molecular flexibility index (Phi) is 8.21. The molecule has 11 heteroatoms. The highest BCUT2D eigenvalue weighted by Crippen LogP contribution is 2.49. The topological polar surface area (TPSA) is 123 Å². The molecular formula is C36H39N5O5S. The van der Waals surface area contributed by atoms with E-state index in [1.165, 1.54) is 11.1 Å². The average molecular weight is 654 g/mol. The number of nitrogens with one attached hydrogen (secondary N) is 1. The molecule has 2 N–H and O–H groups in total. The third kappa shape index (κ3) is 6.03. The van der Waals surface area contributed by atoms with Crippen LogP contribution in [0.1, 0.15) is 55.1 Å². The lowest BCUT2D eigenvalue weighted by Gasteiger charge is -2.40. The zero-order chi connectivity index (χ0) is 33.6. The van der Waals surface area contributed by atoms with E-state index >= 15 is 0 Å². The molecule has 0 saturated carbocycles. The minimum atomic E-state index is -3.73. The fourth-order valence-corrected chi connectivity index (χ4v) is 8.23. The van der Waals surface area contributed by atoms with Crippen molar-refractivity contribution in [3.05, 3.63) is 108 Å². The van der Waals surface area contributed by atoms with Crippen LogP contribution in [0.15, 0.2) is 96.0 Å². The lowest BCUT2D eigenvalue weighted by Crippen LogP contribution is -2.46. The van der Waals surface area contributed by atoms with E-state index in [4.69, 9.17) is 0 Å². The monoisotopic (exact) mass is 653 g/mol. The summed E-state index contributed by atoms with van der Waals surface area (Å²) in [6.07, 6.45) is 1.91. The minimum absolute atomic E-state index is 0.289. The Bertz CT molecular complexity index is 1910. The number of anilines is 4. The first-order valence-electron chi connectivity index (χ1n) is 15.6. The zero-order valence-corrected chi connectivity index (χ0v) is 27.8. The summed E-state index contributed by atoms with van der Waals surface area (Å²) in [4.78, 5) is 33.6. The Labute approximate surface area is 275 Å². The predicted octanol–water partition coefficient (Wildman–Crippen LogP) is 6.67. The first kappa shape index (κ1) is 32.1. The van der Waals surface area contributed by atoms with Gasteiger partial charge < -0.3 is 15.3 Å². The maximum absolute atomic E-state index is 13.8. The molecule has 4 aromatic rings. The van der Waals surface area contributed by atoms with Crippen molar-refractivity contribution in [2.24, 2.45) is 0 Å². The van der Waals surface area contributed by atoms with Gasteiger partial charge in [-0.3, -0.25) is 14.0 Å². The van der Waals surface area contributed by atoms with Gasteiger partial charge in [-0.25, -0.2) is 18.2 Å². The van der Waals surface area contributed by atoms with Crippen molar-refractivity contribution in [2.45, 2.75) is 56.4 Å². The number of hydrogen-bond acceptors (Lipinski definition) is 6. The van der Waals surface area contributed by atoms with E-state index in [1.54, 1.807) is 67.5 Å². The Morgan fingerprint density at radius 2 is 1.57 bits per heavy atom. The summed E-state index contributed by atoms with van der Waals surface area (Å²) in [5.74, 6) is 0.336. The van der Waals surface area contributed by atoms with Gasteiger partial charge in [0.1, 0.15) is 5.82 Å². The number of amides is 2. The van der Waals surface area contributed by atoms with Crippen LogP contribution in [0.3, 0.4) is 0 Å². The number of aryl methyl sites for hydroxylation is 1. The van der Waals surface area contributed by atoms with Gasteiger partial charge in [0.15, 0.2) is 0 Å². The molecule has 2 amide bonds. The standard InChI is InChI=1S/C36H39N5O5S/c1-25-13-16-27(17-14-25)47(45,46)40-24-36(28-9-5-7-11-30(28)40)19-21-39(22-20-36)32-18-15-26(23-37-32)33(42)38-29-10-6-8-12-31(29)41(34(43)44)35(2,3)4/h5-18,23H,19-22,24H2,1-4H3,(H,38,42)(H,43,44). The molecule has 3 heterocycles. The SMILES string of the molecule is Cc1ccc(S(=O)(=O)N2CC3(CCN(c4ccc(C(=O)Nc5ccccc5N(C(=O)O)C(C)(C)C)cn4)CC3)c3ccccc32)cc1. The van der Waals surface area contributed by atoms with Crippen molar-refractivity contribution >= 4 is 44.9 Å². The summed E-state index contributed by atoms with van der Waals surface area (Å²) >= 11 is 0. The van der Waals surface area contributed by atoms with E-state index in [0.29, 0.717) is 36.6 Å². The number of fused-ring (bicyclic) bond motifs is 2. The molecule has 0 unspecified atom stereocenters. The molecule has 6 rings (SSSR count). The lowest BCUT2D eigenvalue weighted by molar-refractivity contribution is 0.102. The highest BCUT2D eigenvalue weighted by molar-refractivity contribution is 7.92. The van der Waals surface area contributed by atoms with E-state index in [9.17, 15) is 23.1 Å². The van der Waals surface area contributed by atoms with Crippen molar-refractivity contribution in [3.8, 4) is 0 Å². The zero-order valence-electron chi connectivity index (χ0n) is 27.0. The molecule has 244 valence electrons. The summed E-state index contributed by atoms with van der Waals surface area (Å²) in [6, 6.07) is 25.1. The first-order valence-corrected chi connectivity index (χ1v) is 17.1. The molecule has 47 heavy (non-hydrogen) atoms. The molecule has 1 aromatic heterocycles. The molecule has 1 spiro atoms. The molecule has 10 nitrogen and oxygen atoms in total. The van der Waals surface area contributed by atoms with Gasteiger partial charge in [-0.15, -0.1) is 0 Å². The van der Waals surface area contributed by atoms with Gasteiger partial charge in [0.2, 0.25) is 0 Å². The molecule has 0 atom stereocenters. The van der Waals surface area contributed by atoms with Crippen LogP contribution in [-0.2, 0) is 15.4 Å². The molecule has 2 aliphatic rings. The Balaban J connectivity index is 1.16. The molecule has 0 radical (unpaired) electrons. The molecule has 1 saturated heterocycles. The van der Waals surface area contributed by atoms with E-state index in [2.05, 4.69) is 21.3 Å². The highest BCUT2D eigenvalue weighted by atomic mass is 32.2. The average Bonchev–Trinajstić information content (AvgIpc) is 3.36. The Hall–Kier alpha value is -4.90. The number of pyridine rings is 1. The normalized spacial score (nSPS) is 15.7. The lowest BCUT2D eigenvalue weighted by atomic mass is 9.74. The van der Waals surface area contributed by atoms with Crippen molar-refractivity contribution in [2.75, 3.05) is 39.1 Å². The number of hydrogen-bond donors (Lipinski definition) is 2. The van der Waals surface area contributed by atoms with Crippen molar-refractivity contribution < 1.29 is 23.1 Å². The summed E-state index contributed by atoms with van der Waals surface area (Å²) in [7, 11) is -3.73. The van der Waals surface area contributed by atoms with Gasteiger partial charge in [-0.2, -0.15) is 0 Å². The van der Waals surface area contributed by atoms with E-state index in [-0.39, 0.29) is 10.3 Å². The van der Waals surface area contributed by atoms with Gasteiger partial charge in [-0.05, 0) is 88.6 Å². The second kappa shape index (κ2) is 12.0. The smallest absolute Gasteiger partial charge is 0.412 e. The van der Waals surface area contributed by atoms with Crippen molar-refractivity contribution in [3.63, 3.8) is 0 Å². The van der Waals surface area contributed by atoms with Crippen LogP contribution in [-0.4, -0.2) is 55.7 Å². The third-order valence-electron chi connectivity index (χ3n) is 9.11. The van der Waals surface area contributed by atoms with E-state index in [0.717, 1.165) is 35.5 Å². The minimum Gasteiger partial charge on any atom is -0.465 e. The van der Waals surface area contributed by atoms with Gasteiger partial charge in [0.25, 0.3) is 15.9 Å². The van der Waals surface area contributed by atoms with Crippen LogP contribution in [0.25, 0.3) is 0 Å². The molecule has 1 fully saturated rings. The molecule has 0 bridgehead atoms. The number of sulfonamides is 1. The Morgan fingerprint density at radius 1 is 0.915 bits per heavy atom. The summed E-state index contributed by atoms with van der Waals surface area (Å²) in [6.45, 7) is 9.05. The molecule has 2 aliphatic heterocycles. The maximum Gasteiger partial charge on any atom is 0.412 e. The van der Waals surface area contributed by atoms with Crippen molar-refractivity contribution in [1.29, 1.82) is 0 Å². The van der Waals surface area contributed by atoms with Crippen LogP contribution >= 0.6 is 0 Å². The van der Waals surface area contributed by atoms with Gasteiger partial charge in [-0.1, -0.05) is 48.0 Å². The number of carbonyl (C=O) groups excluding carboxylic acids is 1. The number of piperidine rings is 1. The number of para-hydroxylation sites is 3. The number of benzene rings is 3. The largest absolute Gasteiger partial charge is 0.465 e. The van der Waals surface area contributed by atoms with E-state index in [1.807, 2.05) is 43.3 Å². The second-order valence-corrected chi connectivity index (χ2v) is 15.1. The number of rotatable bonds is 6. The molecular weight excluding hydrogens is 614 g/mol. The predicted molar refractivity (Wildman–Crippen MR) is 184 cm³/mol. The molecule has 0 aliphatic carbocycles. The number of carbonyl (C=O) groups is 2. The number of aromatic nitrogens is 1. The van der Waals surface area contributed by atoms with Crippen molar-refractivity contribution in [1.82, 2.24) is 4.98 Å². The quantitative estimate of drug-likeness (QED) is 0.238. The fraction of sp³-hybridized carbons (Fsp3) is 0.306. The Morgan fingerprint density at radius 3 is 2.21 bits per heavy atom. The first-order chi connectivity index (χ1) is 22.3. The number of nitrogens with zero attached hydrogens (tertiary/aromatic N) is 4. The van der Waals surface area contributed by atoms with E-state index < -0.39 is 27.6 Å². The van der Waals surface area contributed by atoms with Gasteiger partial charge in [0.05, 0.1) is 27.5 Å². The van der Waals surface area contributed by atoms with Crippen LogP contribution in [0.4, 0.5) is 27.7 Å². The van der Waals surface area contributed by atoms with Gasteiger partial charge >= 0.3 is 6.09 Å². The number of carboxylic acid groups (broad SMARTS) is 1. The highest BCUT2D eigenvalue weighted by Gasteiger charge is 2.48. The van der Waals surface area contributed by atoms with Crippen LogP contribution in [0.2, 0.25) is 0 Å². The fourth-order valence-electron chi connectivity index (χ4n) is 6.66. The van der Waals surface area contributed by atoms with Crippen LogP contribution < -0.4 is 19.4 Å². The second-order valence-electron chi connectivity index (χ2n) is 13.3. The third-order valence-corrected chi connectivity index (χ3v) is 10.9. The molecule has 3 aromatic carbocycles. The summed E-state index contributed by atoms with van der Waals surface area (Å²) in [5, 5.41) is 12.7. The maximum atomic E-state index is 13.8. The van der Waals surface area contributed by atoms with Crippen LogP contribution in [0, 0.1) is 6.92 Å². The summed E-state index contributed by atoms with van der Waals surface area (Å²) < 4.78 is 29.2. The summed E-state index contributed by atoms with van der Waals surface area (Å²) in [5.41, 5.74) is 2.88.